The number of rotatable bonds is 3. The molecule has 104 valence electrons. The first-order valence-electron chi connectivity index (χ1n) is 7.25. The van der Waals surface area contributed by atoms with Gasteiger partial charge in [-0.1, -0.05) is 67.6 Å². The van der Waals surface area contributed by atoms with Crippen LogP contribution in [-0.2, 0) is 6.42 Å². The van der Waals surface area contributed by atoms with Gasteiger partial charge < -0.3 is 5.11 Å². The topological polar surface area (TPSA) is 20.2 Å². The summed E-state index contributed by atoms with van der Waals surface area (Å²) < 4.78 is 0. The van der Waals surface area contributed by atoms with Gasteiger partial charge in [-0.2, -0.15) is 0 Å². The predicted molar refractivity (Wildman–Crippen MR) is 88.4 cm³/mol. The summed E-state index contributed by atoms with van der Waals surface area (Å²) in [6, 6.07) is 24.5. The van der Waals surface area contributed by atoms with Crippen LogP contribution < -0.4 is 0 Å². The summed E-state index contributed by atoms with van der Waals surface area (Å²) in [4.78, 5) is 0. The second-order valence-corrected chi connectivity index (χ2v) is 5.17. The fourth-order valence-corrected chi connectivity index (χ4v) is 2.44. The summed E-state index contributed by atoms with van der Waals surface area (Å²) in [5.41, 5.74) is 6.09. The van der Waals surface area contributed by atoms with Crippen LogP contribution in [0.15, 0.2) is 72.8 Å². The summed E-state index contributed by atoms with van der Waals surface area (Å²) in [6.07, 6.45) is 1.07. The van der Waals surface area contributed by atoms with Crippen LogP contribution in [0.3, 0.4) is 0 Å². The van der Waals surface area contributed by atoms with Crippen molar-refractivity contribution in [3.63, 3.8) is 0 Å². The zero-order valence-electron chi connectivity index (χ0n) is 12.1. The van der Waals surface area contributed by atoms with Gasteiger partial charge in [-0.05, 0) is 46.4 Å². The third-order valence-electron chi connectivity index (χ3n) is 3.78. The van der Waals surface area contributed by atoms with Crippen molar-refractivity contribution in [2.24, 2.45) is 0 Å². The van der Waals surface area contributed by atoms with E-state index < -0.39 is 0 Å². The average molecular weight is 274 g/mol. The Morgan fingerprint density at radius 2 is 0.905 bits per heavy atom. The highest BCUT2D eigenvalue weighted by Crippen LogP contribution is 2.26. The van der Waals surface area contributed by atoms with Crippen LogP contribution in [0.2, 0.25) is 0 Å². The highest BCUT2D eigenvalue weighted by Gasteiger charge is 2.01. The molecular weight excluding hydrogens is 256 g/mol. The highest BCUT2D eigenvalue weighted by atomic mass is 16.3. The van der Waals surface area contributed by atoms with Gasteiger partial charge in [-0.25, -0.2) is 0 Å². The summed E-state index contributed by atoms with van der Waals surface area (Å²) in [5.74, 6) is 0.298. The van der Waals surface area contributed by atoms with Gasteiger partial charge in [0.05, 0.1) is 0 Å². The van der Waals surface area contributed by atoms with Gasteiger partial charge in [-0.3, -0.25) is 0 Å². The Morgan fingerprint density at radius 1 is 0.571 bits per heavy atom. The molecule has 0 aliphatic rings. The van der Waals surface area contributed by atoms with Gasteiger partial charge in [0.15, 0.2) is 0 Å². The third-order valence-corrected chi connectivity index (χ3v) is 3.78. The number of phenolic OH excluding ortho intramolecular Hbond substituents is 1. The van der Waals surface area contributed by atoms with Gasteiger partial charge in [0.25, 0.3) is 0 Å². The lowest BCUT2D eigenvalue weighted by Gasteiger charge is -2.06. The lowest BCUT2D eigenvalue weighted by molar-refractivity contribution is 0.475. The van der Waals surface area contributed by atoms with Crippen LogP contribution in [0.1, 0.15) is 12.5 Å². The molecule has 0 radical (unpaired) electrons. The highest BCUT2D eigenvalue weighted by molar-refractivity contribution is 5.70. The van der Waals surface area contributed by atoms with E-state index in [1.165, 1.54) is 16.7 Å². The SMILES string of the molecule is CCc1ccc(-c2ccc(-c3ccc(O)cc3)cc2)cc1. The van der Waals surface area contributed by atoms with E-state index in [9.17, 15) is 5.11 Å². The maximum Gasteiger partial charge on any atom is 0.115 e. The first-order valence-corrected chi connectivity index (χ1v) is 7.25. The first-order chi connectivity index (χ1) is 10.3. The Kier molecular flexibility index (Phi) is 3.74. The summed E-state index contributed by atoms with van der Waals surface area (Å²) in [5, 5.41) is 9.34. The Labute approximate surface area is 125 Å². The van der Waals surface area contributed by atoms with Crippen LogP contribution in [0.25, 0.3) is 22.3 Å². The quantitative estimate of drug-likeness (QED) is 0.688. The first kappa shape index (κ1) is 13.4. The monoisotopic (exact) mass is 274 g/mol. The number of hydrogen-bond acceptors (Lipinski definition) is 1. The number of benzene rings is 3. The van der Waals surface area contributed by atoms with Gasteiger partial charge in [0.1, 0.15) is 5.75 Å². The third kappa shape index (κ3) is 2.97. The predicted octanol–water partition coefficient (Wildman–Crippen LogP) is 5.29. The number of aromatic hydroxyl groups is 1. The molecule has 0 saturated carbocycles. The van der Waals surface area contributed by atoms with Crippen molar-refractivity contribution < 1.29 is 5.11 Å². The molecule has 0 amide bonds. The van der Waals surface area contributed by atoms with E-state index in [-0.39, 0.29) is 0 Å². The zero-order chi connectivity index (χ0) is 14.7. The van der Waals surface area contributed by atoms with Crippen LogP contribution in [0.4, 0.5) is 0 Å². The summed E-state index contributed by atoms with van der Waals surface area (Å²) in [6.45, 7) is 2.17. The standard InChI is InChI=1S/C20H18O/c1-2-15-3-5-16(6-4-15)17-7-9-18(10-8-17)19-11-13-20(21)14-12-19/h3-14,21H,2H2,1H3. The number of aryl methyl sites for hydroxylation is 1. The Bertz CT molecular complexity index is 707. The maximum atomic E-state index is 9.34. The van der Waals surface area contributed by atoms with Crippen molar-refractivity contribution in [2.75, 3.05) is 0 Å². The van der Waals surface area contributed by atoms with Crippen LogP contribution in [-0.4, -0.2) is 5.11 Å². The van der Waals surface area contributed by atoms with E-state index in [1.807, 2.05) is 12.1 Å². The maximum absolute atomic E-state index is 9.34. The van der Waals surface area contributed by atoms with Crippen molar-refractivity contribution in [1.82, 2.24) is 0 Å². The summed E-state index contributed by atoms with van der Waals surface area (Å²) >= 11 is 0. The minimum atomic E-state index is 0.298. The molecule has 1 heteroatoms. The molecule has 0 aromatic heterocycles. The largest absolute Gasteiger partial charge is 0.508 e. The number of phenols is 1. The van der Waals surface area contributed by atoms with Crippen molar-refractivity contribution in [3.8, 4) is 28.0 Å². The molecule has 0 saturated heterocycles. The molecule has 0 aliphatic heterocycles. The zero-order valence-corrected chi connectivity index (χ0v) is 12.1. The lowest BCUT2D eigenvalue weighted by Crippen LogP contribution is -1.82. The van der Waals surface area contributed by atoms with Crippen molar-refractivity contribution in [2.45, 2.75) is 13.3 Å². The smallest absolute Gasteiger partial charge is 0.115 e. The van der Waals surface area contributed by atoms with E-state index >= 15 is 0 Å². The van der Waals surface area contributed by atoms with Gasteiger partial charge in [-0.15, -0.1) is 0 Å². The van der Waals surface area contributed by atoms with E-state index in [1.54, 1.807) is 12.1 Å². The molecule has 0 fully saturated rings. The van der Waals surface area contributed by atoms with Crippen LogP contribution in [0.5, 0.6) is 5.75 Å². The molecule has 0 atom stereocenters. The summed E-state index contributed by atoms with van der Waals surface area (Å²) in [7, 11) is 0. The molecule has 0 heterocycles. The second-order valence-electron chi connectivity index (χ2n) is 5.17. The minimum absolute atomic E-state index is 0.298. The molecule has 3 aromatic rings. The molecule has 0 bridgehead atoms. The fraction of sp³-hybridized carbons (Fsp3) is 0.100. The van der Waals surface area contributed by atoms with Gasteiger partial charge in [0, 0.05) is 0 Å². The van der Waals surface area contributed by atoms with Crippen LogP contribution in [0, 0.1) is 0 Å². The normalized spacial score (nSPS) is 10.5. The molecule has 3 rings (SSSR count). The molecule has 0 spiro atoms. The Balaban J connectivity index is 1.87. The molecule has 0 aliphatic carbocycles. The fourth-order valence-electron chi connectivity index (χ4n) is 2.44. The molecule has 1 nitrogen and oxygen atoms in total. The molecule has 3 aromatic carbocycles. The molecular formula is C20H18O. The van der Waals surface area contributed by atoms with Gasteiger partial charge in [0.2, 0.25) is 0 Å². The lowest BCUT2D eigenvalue weighted by atomic mass is 9.99. The van der Waals surface area contributed by atoms with Gasteiger partial charge >= 0.3 is 0 Å². The minimum Gasteiger partial charge on any atom is -0.508 e. The second kappa shape index (κ2) is 5.84. The van der Waals surface area contributed by atoms with E-state index in [4.69, 9.17) is 0 Å². The van der Waals surface area contributed by atoms with E-state index in [0.29, 0.717) is 5.75 Å². The van der Waals surface area contributed by atoms with E-state index in [0.717, 1.165) is 17.5 Å². The van der Waals surface area contributed by atoms with Crippen molar-refractivity contribution in [1.29, 1.82) is 0 Å². The molecule has 1 N–H and O–H groups in total. The van der Waals surface area contributed by atoms with E-state index in [2.05, 4.69) is 55.5 Å². The number of hydrogen-bond donors (Lipinski definition) is 1. The van der Waals surface area contributed by atoms with Crippen molar-refractivity contribution >= 4 is 0 Å². The van der Waals surface area contributed by atoms with Crippen molar-refractivity contribution in [3.05, 3.63) is 78.4 Å². The molecule has 21 heavy (non-hydrogen) atoms. The Morgan fingerprint density at radius 3 is 1.29 bits per heavy atom. The molecule has 0 unspecified atom stereocenters. The average Bonchev–Trinajstić information content (AvgIpc) is 2.56. The van der Waals surface area contributed by atoms with Crippen LogP contribution >= 0.6 is 0 Å². The Hall–Kier alpha value is -2.54.